The van der Waals surface area contributed by atoms with Gasteiger partial charge in [0.25, 0.3) is 5.56 Å². The molecule has 6 nitrogen and oxygen atoms in total. The average Bonchev–Trinajstić information content (AvgIpc) is 2.78. The maximum absolute atomic E-state index is 12.5. The van der Waals surface area contributed by atoms with Crippen LogP contribution in [0.5, 0.6) is 11.5 Å². The fourth-order valence-corrected chi connectivity index (χ4v) is 3.45. The minimum Gasteiger partial charge on any atom is -0.497 e. The van der Waals surface area contributed by atoms with Crippen molar-refractivity contribution < 1.29 is 19.0 Å². The largest absolute Gasteiger partial charge is 0.497 e. The molecule has 0 atom stereocenters. The Morgan fingerprint density at radius 3 is 2.43 bits per heavy atom. The van der Waals surface area contributed by atoms with E-state index in [4.69, 9.17) is 14.2 Å². The third-order valence-electron chi connectivity index (χ3n) is 4.66. The Labute approximate surface area is 183 Å². The summed E-state index contributed by atoms with van der Waals surface area (Å²) in [5.74, 6) is 0.983. The van der Waals surface area contributed by atoms with Crippen molar-refractivity contribution in [3.8, 4) is 11.5 Å². The number of hydrogen-bond acceptors (Lipinski definition) is 5. The van der Waals surface area contributed by atoms with Crippen LogP contribution in [0, 0.1) is 0 Å². The van der Waals surface area contributed by atoms with Gasteiger partial charge in [-0.3, -0.25) is 4.79 Å². The van der Waals surface area contributed by atoms with Gasteiger partial charge in [-0.1, -0.05) is 18.2 Å². The monoisotopic (exact) mass is 471 g/mol. The van der Waals surface area contributed by atoms with Crippen molar-refractivity contribution >= 4 is 21.9 Å². The number of rotatable bonds is 8. The van der Waals surface area contributed by atoms with Crippen molar-refractivity contribution in [3.63, 3.8) is 0 Å². The van der Waals surface area contributed by atoms with Crippen LogP contribution in [0.2, 0.25) is 0 Å². The molecule has 30 heavy (non-hydrogen) atoms. The summed E-state index contributed by atoms with van der Waals surface area (Å²) < 4.78 is 18.3. The molecule has 0 saturated carbocycles. The number of benzene rings is 2. The molecular weight excluding hydrogens is 450 g/mol. The Hall–Kier alpha value is -3.06. The molecule has 0 spiro atoms. The lowest BCUT2D eigenvalue weighted by atomic mass is 10.1. The van der Waals surface area contributed by atoms with Gasteiger partial charge in [0.05, 0.1) is 25.5 Å². The first-order valence-electron chi connectivity index (χ1n) is 9.34. The van der Waals surface area contributed by atoms with Crippen LogP contribution in [-0.4, -0.2) is 24.8 Å². The van der Waals surface area contributed by atoms with E-state index < -0.39 is 0 Å². The maximum Gasteiger partial charge on any atom is 0.337 e. The lowest BCUT2D eigenvalue weighted by Gasteiger charge is -2.16. The number of esters is 1. The third kappa shape index (κ3) is 5.30. The molecular formula is C23H22BrNO5. The highest BCUT2D eigenvalue weighted by atomic mass is 79.9. The van der Waals surface area contributed by atoms with E-state index in [1.54, 1.807) is 35.9 Å². The van der Waals surface area contributed by atoms with Gasteiger partial charge in [-0.05, 0) is 58.2 Å². The second-order valence-electron chi connectivity index (χ2n) is 6.52. The number of aromatic nitrogens is 1. The lowest BCUT2D eigenvalue weighted by Crippen LogP contribution is -2.25. The summed E-state index contributed by atoms with van der Waals surface area (Å²) in [5.41, 5.74) is 2.15. The fourth-order valence-electron chi connectivity index (χ4n) is 2.99. The van der Waals surface area contributed by atoms with Crippen molar-refractivity contribution in [2.24, 2.45) is 0 Å². The molecule has 1 heterocycles. The van der Waals surface area contributed by atoms with Gasteiger partial charge in [-0.2, -0.15) is 0 Å². The normalized spacial score (nSPS) is 10.5. The van der Waals surface area contributed by atoms with Crippen LogP contribution in [-0.2, 0) is 24.3 Å². The highest BCUT2D eigenvalue weighted by molar-refractivity contribution is 9.10. The maximum atomic E-state index is 12.5. The highest BCUT2D eigenvalue weighted by Crippen LogP contribution is 2.22. The number of nitrogens with zero attached hydrogens (tertiary/aromatic N) is 1. The molecule has 7 heteroatoms. The number of ether oxygens (including phenoxy) is 3. The lowest BCUT2D eigenvalue weighted by molar-refractivity contribution is 0.0600. The SMILES string of the molecule is COC(=O)c1ccc(CCn2c(COc3cccc(OC)c3)c(Br)ccc2=O)cc1. The van der Waals surface area contributed by atoms with Crippen LogP contribution in [0.25, 0.3) is 0 Å². The molecule has 0 aliphatic carbocycles. The fraction of sp³-hybridized carbons (Fsp3) is 0.217. The molecule has 0 N–H and O–H groups in total. The smallest absolute Gasteiger partial charge is 0.337 e. The van der Waals surface area contributed by atoms with E-state index >= 15 is 0 Å². The van der Waals surface area contributed by atoms with E-state index in [0.29, 0.717) is 30.0 Å². The molecule has 1 aromatic heterocycles. The molecule has 0 fully saturated rings. The van der Waals surface area contributed by atoms with Gasteiger partial charge in [0.2, 0.25) is 0 Å². The molecule has 2 aromatic carbocycles. The Balaban J connectivity index is 1.75. The first-order valence-corrected chi connectivity index (χ1v) is 10.1. The molecule has 0 aliphatic rings. The number of hydrogen-bond donors (Lipinski definition) is 0. The van der Waals surface area contributed by atoms with Crippen LogP contribution in [0.4, 0.5) is 0 Å². The van der Waals surface area contributed by atoms with E-state index in [-0.39, 0.29) is 18.1 Å². The molecule has 0 saturated heterocycles. The highest BCUT2D eigenvalue weighted by Gasteiger charge is 2.11. The molecule has 0 bridgehead atoms. The minimum absolute atomic E-state index is 0.103. The number of carbonyl (C=O) groups is 1. The van der Waals surface area contributed by atoms with Gasteiger partial charge >= 0.3 is 5.97 Å². The van der Waals surface area contributed by atoms with Gasteiger partial charge in [-0.25, -0.2) is 4.79 Å². The molecule has 0 radical (unpaired) electrons. The van der Waals surface area contributed by atoms with E-state index in [2.05, 4.69) is 15.9 Å². The molecule has 156 valence electrons. The van der Waals surface area contributed by atoms with Crippen molar-refractivity contribution in [1.29, 1.82) is 0 Å². The van der Waals surface area contributed by atoms with E-state index in [1.807, 2.05) is 30.3 Å². The Morgan fingerprint density at radius 1 is 1.00 bits per heavy atom. The summed E-state index contributed by atoms with van der Waals surface area (Å²) in [6.45, 7) is 0.706. The van der Waals surface area contributed by atoms with Gasteiger partial charge in [-0.15, -0.1) is 0 Å². The summed E-state index contributed by atoms with van der Waals surface area (Å²) in [4.78, 5) is 24.1. The van der Waals surface area contributed by atoms with Crippen LogP contribution >= 0.6 is 15.9 Å². The molecule has 0 amide bonds. The van der Waals surface area contributed by atoms with E-state index in [1.165, 1.54) is 13.2 Å². The summed E-state index contributed by atoms with van der Waals surface area (Å²) in [5, 5.41) is 0. The number of carbonyl (C=O) groups excluding carboxylic acids is 1. The zero-order chi connectivity index (χ0) is 21.5. The van der Waals surface area contributed by atoms with E-state index in [9.17, 15) is 9.59 Å². The Morgan fingerprint density at radius 2 is 1.73 bits per heavy atom. The number of aryl methyl sites for hydroxylation is 1. The van der Waals surface area contributed by atoms with E-state index in [0.717, 1.165) is 15.7 Å². The molecule has 3 rings (SSSR count). The van der Waals surface area contributed by atoms with Gasteiger partial charge in [0.1, 0.15) is 18.1 Å². The number of methoxy groups -OCH3 is 2. The zero-order valence-corrected chi connectivity index (χ0v) is 18.3. The summed E-state index contributed by atoms with van der Waals surface area (Å²) >= 11 is 3.53. The second kappa shape index (κ2) is 10.1. The van der Waals surface area contributed by atoms with Gasteiger partial charge < -0.3 is 18.8 Å². The molecule has 0 unspecified atom stereocenters. The van der Waals surface area contributed by atoms with Crippen molar-refractivity contribution in [3.05, 3.63) is 92.3 Å². The average molecular weight is 472 g/mol. The number of pyridine rings is 1. The quantitative estimate of drug-likeness (QED) is 0.460. The first-order chi connectivity index (χ1) is 14.5. The topological polar surface area (TPSA) is 66.8 Å². The van der Waals surface area contributed by atoms with Crippen LogP contribution in [0.3, 0.4) is 0 Å². The van der Waals surface area contributed by atoms with Crippen LogP contribution in [0.1, 0.15) is 21.6 Å². The predicted octanol–water partition coefficient (Wildman–Crippen LogP) is 4.23. The molecule has 3 aromatic rings. The predicted molar refractivity (Wildman–Crippen MR) is 117 cm³/mol. The van der Waals surface area contributed by atoms with Gasteiger partial charge in [0, 0.05) is 23.2 Å². The standard InChI is InChI=1S/C23H22BrNO5/c1-28-18-4-3-5-19(14-18)30-15-21-20(24)10-11-22(26)25(21)13-12-16-6-8-17(9-7-16)23(27)29-2/h3-11,14H,12-13,15H2,1-2H3. The van der Waals surface area contributed by atoms with Crippen molar-refractivity contribution in [2.75, 3.05) is 14.2 Å². The second-order valence-corrected chi connectivity index (χ2v) is 7.38. The van der Waals surface area contributed by atoms with Crippen LogP contribution < -0.4 is 15.0 Å². The Kier molecular flexibility index (Phi) is 7.30. The van der Waals surface area contributed by atoms with Crippen LogP contribution in [0.15, 0.2) is 69.9 Å². The third-order valence-corrected chi connectivity index (χ3v) is 5.38. The Bertz CT molecular complexity index is 1080. The van der Waals surface area contributed by atoms with Gasteiger partial charge in [0.15, 0.2) is 0 Å². The zero-order valence-electron chi connectivity index (χ0n) is 16.8. The number of halogens is 1. The first kappa shape index (κ1) is 21.6. The summed E-state index contributed by atoms with van der Waals surface area (Å²) in [6, 6.07) is 17.7. The molecule has 0 aliphatic heterocycles. The van der Waals surface area contributed by atoms with Crippen molar-refractivity contribution in [2.45, 2.75) is 19.6 Å². The summed E-state index contributed by atoms with van der Waals surface area (Å²) in [7, 11) is 2.95. The van der Waals surface area contributed by atoms with Crippen molar-refractivity contribution in [1.82, 2.24) is 4.57 Å². The minimum atomic E-state index is -0.373. The summed E-state index contributed by atoms with van der Waals surface area (Å²) in [6.07, 6.45) is 0.629.